The standard InChI is InChI=1S/C27H31F4N7/c1-2-38(21-7-4-3-5-8-21)26-34-23(19-10-12-20(28)13-11-19)33-25(35-26)37-17-15-36(16-18-37)24-22(27(29,30)31)9-6-14-32-24/h6,9-14,21H,2-5,7-8,15-18H2,1H3. The number of rotatable bonds is 6. The molecule has 11 heteroatoms. The van der Waals surface area contributed by atoms with Gasteiger partial charge in [0.2, 0.25) is 11.9 Å². The molecular formula is C27H31F4N7. The summed E-state index contributed by atoms with van der Waals surface area (Å²) in [6, 6.07) is 8.75. The van der Waals surface area contributed by atoms with E-state index in [4.69, 9.17) is 15.0 Å². The van der Waals surface area contributed by atoms with Crippen molar-refractivity contribution in [1.82, 2.24) is 19.9 Å². The lowest BCUT2D eigenvalue weighted by atomic mass is 9.94. The topological polar surface area (TPSA) is 61.3 Å². The van der Waals surface area contributed by atoms with Crippen LogP contribution < -0.4 is 14.7 Å². The second-order valence-corrected chi connectivity index (χ2v) is 9.69. The molecule has 3 heterocycles. The number of hydrogen-bond acceptors (Lipinski definition) is 7. The molecule has 7 nitrogen and oxygen atoms in total. The van der Waals surface area contributed by atoms with E-state index in [0.717, 1.165) is 25.5 Å². The van der Waals surface area contributed by atoms with Crippen molar-refractivity contribution in [2.45, 2.75) is 51.2 Å². The molecule has 0 N–H and O–H groups in total. The fourth-order valence-corrected chi connectivity index (χ4v) is 5.30. The first-order chi connectivity index (χ1) is 18.3. The third kappa shape index (κ3) is 5.66. The van der Waals surface area contributed by atoms with Crippen molar-refractivity contribution < 1.29 is 17.6 Å². The molecule has 0 atom stereocenters. The molecule has 2 aliphatic rings. The SMILES string of the molecule is CCN(c1nc(-c2ccc(F)cc2)nc(N2CCN(c3ncccc3C(F)(F)F)CC2)n1)C1CCCCC1. The van der Waals surface area contributed by atoms with E-state index in [1.807, 2.05) is 4.90 Å². The molecule has 0 spiro atoms. The van der Waals surface area contributed by atoms with E-state index in [1.54, 1.807) is 17.0 Å². The molecule has 202 valence electrons. The van der Waals surface area contributed by atoms with E-state index < -0.39 is 11.7 Å². The summed E-state index contributed by atoms with van der Waals surface area (Å²) in [5, 5.41) is 0. The van der Waals surface area contributed by atoms with Crippen molar-refractivity contribution in [3.63, 3.8) is 0 Å². The van der Waals surface area contributed by atoms with Crippen LogP contribution in [0.4, 0.5) is 35.3 Å². The lowest BCUT2D eigenvalue weighted by Gasteiger charge is -2.37. The van der Waals surface area contributed by atoms with Gasteiger partial charge in [-0.15, -0.1) is 0 Å². The fraction of sp³-hybridized carbons (Fsp3) is 0.481. The Labute approximate surface area is 219 Å². The normalized spacial score (nSPS) is 17.1. The van der Waals surface area contributed by atoms with Gasteiger partial charge in [0.05, 0.1) is 5.56 Å². The quantitative estimate of drug-likeness (QED) is 0.387. The Bertz CT molecular complexity index is 1220. The largest absolute Gasteiger partial charge is 0.419 e. The van der Waals surface area contributed by atoms with Gasteiger partial charge in [-0.1, -0.05) is 19.3 Å². The zero-order valence-corrected chi connectivity index (χ0v) is 21.3. The molecule has 2 aromatic heterocycles. The maximum atomic E-state index is 13.6. The Kier molecular flexibility index (Phi) is 7.62. The summed E-state index contributed by atoms with van der Waals surface area (Å²) in [5.41, 5.74) is -0.0569. The van der Waals surface area contributed by atoms with Crippen molar-refractivity contribution >= 4 is 17.7 Å². The van der Waals surface area contributed by atoms with Crippen LogP contribution in [0.15, 0.2) is 42.6 Å². The maximum Gasteiger partial charge on any atom is 0.419 e. The van der Waals surface area contributed by atoms with Gasteiger partial charge < -0.3 is 14.7 Å². The molecular weight excluding hydrogens is 498 g/mol. The molecule has 2 fully saturated rings. The molecule has 0 amide bonds. The Morgan fingerprint density at radius 1 is 0.895 bits per heavy atom. The van der Waals surface area contributed by atoms with Crippen molar-refractivity contribution in [2.24, 2.45) is 0 Å². The number of anilines is 3. The smallest absolute Gasteiger partial charge is 0.353 e. The van der Waals surface area contributed by atoms with Crippen LogP contribution in [-0.4, -0.2) is 58.7 Å². The molecule has 0 unspecified atom stereocenters. The average molecular weight is 530 g/mol. The van der Waals surface area contributed by atoms with E-state index in [0.29, 0.717) is 55.5 Å². The Morgan fingerprint density at radius 3 is 2.24 bits per heavy atom. The number of piperazine rings is 1. The van der Waals surface area contributed by atoms with E-state index in [1.165, 1.54) is 43.7 Å². The highest BCUT2D eigenvalue weighted by molar-refractivity contribution is 5.59. The third-order valence-electron chi connectivity index (χ3n) is 7.28. The summed E-state index contributed by atoms with van der Waals surface area (Å²) in [6.07, 6.45) is 2.62. The predicted molar refractivity (Wildman–Crippen MR) is 139 cm³/mol. The minimum Gasteiger partial charge on any atom is -0.353 e. The van der Waals surface area contributed by atoms with E-state index in [-0.39, 0.29) is 11.6 Å². The summed E-state index contributed by atoms with van der Waals surface area (Å²) in [5.74, 6) is 1.10. The third-order valence-corrected chi connectivity index (χ3v) is 7.28. The molecule has 1 saturated heterocycles. The van der Waals surface area contributed by atoms with Crippen LogP contribution in [0.25, 0.3) is 11.4 Å². The number of benzene rings is 1. The van der Waals surface area contributed by atoms with Gasteiger partial charge in [0.25, 0.3) is 0 Å². The molecule has 1 saturated carbocycles. The van der Waals surface area contributed by atoms with Crippen LogP contribution in [0.5, 0.6) is 0 Å². The summed E-state index contributed by atoms with van der Waals surface area (Å²) in [4.78, 5) is 24.2. The average Bonchev–Trinajstić information content (AvgIpc) is 2.94. The van der Waals surface area contributed by atoms with Crippen LogP contribution in [0.3, 0.4) is 0 Å². The number of alkyl halides is 3. The van der Waals surface area contributed by atoms with Crippen molar-refractivity contribution in [3.8, 4) is 11.4 Å². The Hall–Kier alpha value is -3.50. The van der Waals surface area contributed by atoms with Gasteiger partial charge in [0.1, 0.15) is 11.6 Å². The van der Waals surface area contributed by atoms with Gasteiger partial charge in [-0.05, 0) is 56.2 Å². The lowest BCUT2D eigenvalue weighted by molar-refractivity contribution is -0.137. The summed E-state index contributed by atoms with van der Waals surface area (Å²) in [7, 11) is 0. The molecule has 3 aromatic rings. The van der Waals surface area contributed by atoms with Gasteiger partial charge in [-0.2, -0.15) is 28.1 Å². The number of nitrogens with zero attached hydrogens (tertiary/aromatic N) is 7. The second-order valence-electron chi connectivity index (χ2n) is 9.69. The highest BCUT2D eigenvalue weighted by Crippen LogP contribution is 2.36. The Morgan fingerprint density at radius 2 is 1.58 bits per heavy atom. The van der Waals surface area contributed by atoms with Crippen LogP contribution in [0.2, 0.25) is 0 Å². The number of aromatic nitrogens is 4. The van der Waals surface area contributed by atoms with Crippen LogP contribution in [-0.2, 0) is 6.18 Å². The predicted octanol–water partition coefficient (Wildman–Crippen LogP) is 5.58. The molecule has 38 heavy (non-hydrogen) atoms. The zero-order valence-electron chi connectivity index (χ0n) is 21.3. The first-order valence-corrected chi connectivity index (χ1v) is 13.1. The maximum absolute atomic E-state index is 13.6. The van der Waals surface area contributed by atoms with Crippen LogP contribution in [0, 0.1) is 5.82 Å². The fourth-order valence-electron chi connectivity index (χ4n) is 5.30. The molecule has 5 rings (SSSR count). The van der Waals surface area contributed by atoms with Gasteiger partial charge in [0, 0.05) is 50.5 Å². The monoisotopic (exact) mass is 529 g/mol. The first-order valence-electron chi connectivity index (χ1n) is 13.1. The second kappa shape index (κ2) is 11.1. The molecule has 1 aromatic carbocycles. The van der Waals surface area contributed by atoms with Gasteiger partial charge in [0.15, 0.2) is 5.82 Å². The molecule has 1 aliphatic heterocycles. The zero-order chi connectivity index (χ0) is 26.7. The van der Waals surface area contributed by atoms with Gasteiger partial charge >= 0.3 is 6.18 Å². The van der Waals surface area contributed by atoms with Gasteiger partial charge in [-0.3, -0.25) is 0 Å². The van der Waals surface area contributed by atoms with Crippen LogP contribution >= 0.6 is 0 Å². The van der Waals surface area contributed by atoms with Crippen molar-refractivity contribution in [1.29, 1.82) is 0 Å². The van der Waals surface area contributed by atoms with Crippen LogP contribution in [0.1, 0.15) is 44.6 Å². The van der Waals surface area contributed by atoms with Crippen molar-refractivity contribution in [3.05, 3.63) is 54.0 Å². The minimum absolute atomic E-state index is 0.0579. The molecule has 0 bridgehead atoms. The van der Waals surface area contributed by atoms with E-state index >= 15 is 0 Å². The molecule has 0 radical (unpaired) electrons. The first kappa shape index (κ1) is 26.1. The highest BCUT2D eigenvalue weighted by atomic mass is 19.4. The number of halogens is 4. The summed E-state index contributed by atoms with van der Waals surface area (Å²) < 4.78 is 54.3. The summed E-state index contributed by atoms with van der Waals surface area (Å²) >= 11 is 0. The van der Waals surface area contributed by atoms with Crippen molar-refractivity contribution in [2.75, 3.05) is 47.4 Å². The Balaban J connectivity index is 1.43. The van der Waals surface area contributed by atoms with Gasteiger partial charge in [-0.25, -0.2) is 9.37 Å². The molecule has 1 aliphatic carbocycles. The summed E-state index contributed by atoms with van der Waals surface area (Å²) in [6.45, 7) is 4.36. The number of hydrogen-bond donors (Lipinski definition) is 0. The van der Waals surface area contributed by atoms with E-state index in [9.17, 15) is 17.6 Å². The minimum atomic E-state index is -4.48. The van der Waals surface area contributed by atoms with E-state index in [2.05, 4.69) is 16.8 Å². The highest BCUT2D eigenvalue weighted by Gasteiger charge is 2.36. The lowest BCUT2D eigenvalue weighted by Crippen LogP contribution is -2.48. The number of pyridine rings is 1.